The fourth-order valence-electron chi connectivity index (χ4n) is 3.17. The van der Waals surface area contributed by atoms with E-state index in [1.807, 2.05) is 6.07 Å². The fraction of sp³-hybridized carbons (Fsp3) is 0.562. The second-order valence-corrected chi connectivity index (χ2v) is 8.59. The summed E-state index contributed by atoms with van der Waals surface area (Å²) in [6.45, 7) is 4.96. The maximum Gasteiger partial charge on any atom is 0.317 e. The Hall–Kier alpha value is -1.76. The molecule has 0 saturated carbocycles. The van der Waals surface area contributed by atoms with E-state index in [-0.39, 0.29) is 23.6 Å². The molecule has 2 fully saturated rings. The van der Waals surface area contributed by atoms with Gasteiger partial charge in [0, 0.05) is 37.9 Å². The van der Waals surface area contributed by atoms with E-state index in [1.165, 1.54) is 11.3 Å². The van der Waals surface area contributed by atoms with Gasteiger partial charge in [-0.3, -0.25) is 0 Å². The number of amides is 2. The standard InChI is InChI=1S/C16H23N3O3S/c1-13-3-2-4-15(11-13)18-6-8-19(9-7-18)16(20)17-14-5-10-23(21,22)12-14/h2-4,11,14H,5-10,12H2,1H3,(H,17,20)/t14-/m0/s1. The Labute approximate surface area is 137 Å². The Morgan fingerprint density at radius 2 is 1.96 bits per heavy atom. The second-order valence-electron chi connectivity index (χ2n) is 6.36. The Morgan fingerprint density at radius 3 is 2.57 bits per heavy atom. The summed E-state index contributed by atoms with van der Waals surface area (Å²) >= 11 is 0. The average Bonchev–Trinajstić information content (AvgIpc) is 2.86. The lowest BCUT2D eigenvalue weighted by atomic mass is 10.2. The summed E-state index contributed by atoms with van der Waals surface area (Å²) in [6.07, 6.45) is 0.525. The highest BCUT2D eigenvalue weighted by Crippen LogP contribution is 2.18. The maximum absolute atomic E-state index is 12.3. The summed E-state index contributed by atoms with van der Waals surface area (Å²) in [5.41, 5.74) is 2.41. The van der Waals surface area contributed by atoms with E-state index in [4.69, 9.17) is 0 Å². The van der Waals surface area contributed by atoms with Crippen molar-refractivity contribution in [2.45, 2.75) is 19.4 Å². The van der Waals surface area contributed by atoms with Crippen molar-refractivity contribution in [2.75, 3.05) is 42.6 Å². The lowest BCUT2D eigenvalue weighted by molar-refractivity contribution is 0.191. The summed E-state index contributed by atoms with van der Waals surface area (Å²) < 4.78 is 22.9. The van der Waals surface area contributed by atoms with Crippen molar-refractivity contribution in [3.63, 3.8) is 0 Å². The molecule has 2 aliphatic rings. The van der Waals surface area contributed by atoms with Crippen LogP contribution in [0.3, 0.4) is 0 Å². The summed E-state index contributed by atoms with van der Waals surface area (Å²) in [4.78, 5) is 16.3. The molecule has 1 aromatic rings. The molecule has 126 valence electrons. The molecule has 3 rings (SSSR count). The van der Waals surface area contributed by atoms with Crippen molar-refractivity contribution in [2.24, 2.45) is 0 Å². The number of sulfone groups is 1. The monoisotopic (exact) mass is 337 g/mol. The van der Waals surface area contributed by atoms with Crippen LogP contribution >= 0.6 is 0 Å². The quantitative estimate of drug-likeness (QED) is 0.875. The van der Waals surface area contributed by atoms with Gasteiger partial charge in [-0.25, -0.2) is 13.2 Å². The number of nitrogens with one attached hydrogen (secondary N) is 1. The van der Waals surface area contributed by atoms with Crippen LogP contribution in [0.1, 0.15) is 12.0 Å². The highest BCUT2D eigenvalue weighted by atomic mass is 32.2. The molecule has 2 amide bonds. The lowest BCUT2D eigenvalue weighted by Gasteiger charge is -2.36. The van der Waals surface area contributed by atoms with Gasteiger partial charge < -0.3 is 15.1 Å². The van der Waals surface area contributed by atoms with Gasteiger partial charge in [-0.1, -0.05) is 12.1 Å². The minimum atomic E-state index is -2.96. The van der Waals surface area contributed by atoms with Gasteiger partial charge >= 0.3 is 6.03 Å². The zero-order chi connectivity index (χ0) is 16.4. The van der Waals surface area contributed by atoms with Crippen LogP contribution in [-0.2, 0) is 9.84 Å². The number of nitrogens with zero attached hydrogens (tertiary/aromatic N) is 2. The van der Waals surface area contributed by atoms with Crippen LogP contribution in [-0.4, -0.2) is 63.1 Å². The van der Waals surface area contributed by atoms with E-state index in [9.17, 15) is 13.2 Å². The summed E-state index contributed by atoms with van der Waals surface area (Å²) in [5.74, 6) is 0.251. The lowest BCUT2D eigenvalue weighted by Crippen LogP contribution is -2.53. The van der Waals surface area contributed by atoms with E-state index >= 15 is 0 Å². The van der Waals surface area contributed by atoms with Crippen LogP contribution in [0, 0.1) is 6.92 Å². The average molecular weight is 337 g/mol. The number of anilines is 1. The molecule has 0 aliphatic carbocycles. The number of aryl methyl sites for hydroxylation is 1. The molecule has 0 bridgehead atoms. The molecule has 7 heteroatoms. The van der Waals surface area contributed by atoms with E-state index < -0.39 is 9.84 Å². The van der Waals surface area contributed by atoms with Crippen LogP contribution in [0.2, 0.25) is 0 Å². The predicted molar refractivity (Wildman–Crippen MR) is 90.6 cm³/mol. The normalized spacial score (nSPS) is 23.8. The summed E-state index contributed by atoms with van der Waals surface area (Å²) in [7, 11) is -2.96. The molecule has 0 unspecified atom stereocenters. The first kappa shape index (κ1) is 16.1. The topological polar surface area (TPSA) is 69.7 Å². The Kier molecular flexibility index (Phi) is 4.48. The second kappa shape index (κ2) is 6.39. The Bertz CT molecular complexity index is 682. The van der Waals surface area contributed by atoms with E-state index in [2.05, 4.69) is 35.3 Å². The minimum Gasteiger partial charge on any atom is -0.368 e. The zero-order valence-electron chi connectivity index (χ0n) is 13.4. The van der Waals surface area contributed by atoms with Crippen LogP contribution < -0.4 is 10.2 Å². The molecule has 23 heavy (non-hydrogen) atoms. The third-order valence-corrected chi connectivity index (χ3v) is 6.26. The van der Waals surface area contributed by atoms with Gasteiger partial charge in [-0.15, -0.1) is 0 Å². The third-order valence-electron chi connectivity index (χ3n) is 4.49. The van der Waals surface area contributed by atoms with Crippen molar-refractivity contribution in [1.82, 2.24) is 10.2 Å². The molecule has 2 aliphatic heterocycles. The Balaban J connectivity index is 1.51. The van der Waals surface area contributed by atoms with Crippen molar-refractivity contribution < 1.29 is 13.2 Å². The van der Waals surface area contributed by atoms with Crippen LogP contribution in [0.25, 0.3) is 0 Å². The van der Waals surface area contributed by atoms with Gasteiger partial charge in [0.05, 0.1) is 11.5 Å². The maximum atomic E-state index is 12.3. The number of piperazine rings is 1. The zero-order valence-corrected chi connectivity index (χ0v) is 14.2. The molecule has 0 radical (unpaired) electrons. The highest BCUT2D eigenvalue weighted by molar-refractivity contribution is 7.91. The fourth-order valence-corrected chi connectivity index (χ4v) is 4.84. The molecule has 6 nitrogen and oxygen atoms in total. The largest absolute Gasteiger partial charge is 0.368 e. The van der Waals surface area contributed by atoms with Crippen LogP contribution in [0.4, 0.5) is 10.5 Å². The van der Waals surface area contributed by atoms with Gasteiger partial charge in [0.2, 0.25) is 0 Å². The molecule has 2 heterocycles. The number of rotatable bonds is 2. The molecule has 0 spiro atoms. The molecular formula is C16H23N3O3S. The van der Waals surface area contributed by atoms with Gasteiger partial charge in [0.1, 0.15) is 0 Å². The molecule has 0 aromatic heterocycles. The number of carbonyl (C=O) groups is 1. The smallest absolute Gasteiger partial charge is 0.317 e. The van der Waals surface area contributed by atoms with Gasteiger partial charge in [-0.2, -0.15) is 0 Å². The van der Waals surface area contributed by atoms with Crippen molar-refractivity contribution in [1.29, 1.82) is 0 Å². The van der Waals surface area contributed by atoms with Gasteiger partial charge in [0.25, 0.3) is 0 Å². The number of hydrogen-bond donors (Lipinski definition) is 1. The first-order valence-electron chi connectivity index (χ1n) is 8.00. The highest BCUT2D eigenvalue weighted by Gasteiger charge is 2.30. The first-order chi connectivity index (χ1) is 10.9. The van der Waals surface area contributed by atoms with E-state index in [0.717, 1.165) is 13.1 Å². The van der Waals surface area contributed by atoms with Crippen molar-refractivity contribution in [3.05, 3.63) is 29.8 Å². The summed E-state index contributed by atoms with van der Waals surface area (Å²) in [5, 5.41) is 2.86. The number of benzene rings is 1. The van der Waals surface area contributed by atoms with E-state index in [1.54, 1.807) is 4.90 Å². The molecular weight excluding hydrogens is 314 g/mol. The van der Waals surface area contributed by atoms with Crippen molar-refractivity contribution >= 4 is 21.6 Å². The molecule has 1 atom stereocenters. The van der Waals surface area contributed by atoms with Crippen molar-refractivity contribution in [3.8, 4) is 0 Å². The van der Waals surface area contributed by atoms with Gasteiger partial charge in [-0.05, 0) is 31.0 Å². The number of carbonyl (C=O) groups excluding carboxylic acids is 1. The number of hydrogen-bond acceptors (Lipinski definition) is 4. The van der Waals surface area contributed by atoms with E-state index in [0.29, 0.717) is 19.5 Å². The molecule has 2 saturated heterocycles. The summed E-state index contributed by atoms with van der Waals surface area (Å²) in [6, 6.07) is 7.98. The van der Waals surface area contributed by atoms with Crippen LogP contribution in [0.15, 0.2) is 24.3 Å². The predicted octanol–water partition coefficient (Wildman–Crippen LogP) is 1.01. The SMILES string of the molecule is Cc1cccc(N2CCN(C(=O)N[C@H]3CCS(=O)(=O)C3)CC2)c1. The Morgan fingerprint density at radius 1 is 1.22 bits per heavy atom. The van der Waals surface area contributed by atoms with Crippen LogP contribution in [0.5, 0.6) is 0 Å². The third kappa shape index (κ3) is 3.96. The number of urea groups is 1. The molecule has 1 N–H and O–H groups in total. The molecule has 1 aromatic carbocycles. The van der Waals surface area contributed by atoms with Gasteiger partial charge in [0.15, 0.2) is 9.84 Å². The first-order valence-corrected chi connectivity index (χ1v) is 9.82. The minimum absolute atomic E-state index is 0.0714.